The summed E-state index contributed by atoms with van der Waals surface area (Å²) in [5.74, 6) is 0.915. The van der Waals surface area contributed by atoms with Crippen LogP contribution in [0.4, 0.5) is 0 Å². The highest BCUT2D eigenvalue weighted by molar-refractivity contribution is 5.40. The minimum atomic E-state index is 0.0717. The third-order valence-corrected chi connectivity index (χ3v) is 3.04. The first-order chi connectivity index (χ1) is 9.13. The van der Waals surface area contributed by atoms with Crippen molar-refractivity contribution in [1.82, 2.24) is 15.1 Å². The lowest BCUT2D eigenvalue weighted by Gasteiger charge is -2.21. The van der Waals surface area contributed by atoms with E-state index in [-0.39, 0.29) is 12.1 Å². The maximum atomic E-state index is 5.90. The predicted octanol–water partition coefficient (Wildman–Crippen LogP) is 2.52. The Hall–Kier alpha value is -1.81. The normalized spacial score (nSPS) is 12.7. The average Bonchev–Trinajstić information content (AvgIpc) is 2.78. The summed E-state index contributed by atoms with van der Waals surface area (Å²) >= 11 is 0. The average molecular weight is 259 g/mol. The molecule has 1 atom stereocenters. The van der Waals surface area contributed by atoms with Crippen molar-refractivity contribution in [2.24, 2.45) is 7.05 Å². The molecule has 1 unspecified atom stereocenters. The quantitative estimate of drug-likeness (QED) is 0.896. The van der Waals surface area contributed by atoms with Crippen LogP contribution in [0.15, 0.2) is 36.5 Å². The van der Waals surface area contributed by atoms with Crippen molar-refractivity contribution in [2.45, 2.75) is 26.0 Å². The van der Waals surface area contributed by atoms with E-state index < -0.39 is 0 Å². The molecule has 0 aliphatic carbocycles. The second-order valence-electron chi connectivity index (χ2n) is 4.81. The largest absolute Gasteiger partial charge is 0.491 e. The van der Waals surface area contributed by atoms with Gasteiger partial charge in [0.25, 0.3) is 0 Å². The van der Waals surface area contributed by atoms with Gasteiger partial charge in [0.05, 0.1) is 17.8 Å². The van der Waals surface area contributed by atoms with Gasteiger partial charge in [-0.1, -0.05) is 18.2 Å². The summed E-state index contributed by atoms with van der Waals surface area (Å²) in [5.41, 5.74) is 2.24. The fraction of sp³-hybridized carbons (Fsp3) is 0.400. The Labute approximate surface area is 114 Å². The van der Waals surface area contributed by atoms with Crippen molar-refractivity contribution in [3.8, 4) is 5.75 Å². The molecule has 0 amide bonds. The molecule has 102 valence electrons. The monoisotopic (exact) mass is 259 g/mol. The molecule has 4 heteroatoms. The van der Waals surface area contributed by atoms with Crippen molar-refractivity contribution in [3.63, 3.8) is 0 Å². The minimum absolute atomic E-state index is 0.0717. The SMILES string of the molecule is CNC(c1ccccc1OC(C)C)c1ccnn1C. The maximum Gasteiger partial charge on any atom is 0.124 e. The molecule has 1 N–H and O–H groups in total. The van der Waals surface area contributed by atoms with Crippen LogP contribution >= 0.6 is 0 Å². The van der Waals surface area contributed by atoms with E-state index in [1.54, 1.807) is 0 Å². The Morgan fingerprint density at radius 2 is 1.95 bits per heavy atom. The van der Waals surface area contributed by atoms with E-state index in [0.29, 0.717) is 0 Å². The van der Waals surface area contributed by atoms with Gasteiger partial charge in [-0.2, -0.15) is 5.10 Å². The molecule has 1 aromatic carbocycles. The zero-order valence-electron chi connectivity index (χ0n) is 11.9. The number of benzene rings is 1. The summed E-state index contributed by atoms with van der Waals surface area (Å²) in [7, 11) is 3.90. The number of para-hydroxylation sites is 1. The van der Waals surface area contributed by atoms with Crippen LogP contribution in [0, 0.1) is 0 Å². The van der Waals surface area contributed by atoms with Crippen LogP contribution in [0.2, 0.25) is 0 Å². The molecule has 0 fully saturated rings. The smallest absolute Gasteiger partial charge is 0.124 e. The van der Waals surface area contributed by atoms with Gasteiger partial charge in [0.1, 0.15) is 5.75 Å². The van der Waals surface area contributed by atoms with Gasteiger partial charge in [0.2, 0.25) is 0 Å². The highest BCUT2D eigenvalue weighted by atomic mass is 16.5. The molecule has 0 saturated carbocycles. The number of hydrogen-bond acceptors (Lipinski definition) is 3. The van der Waals surface area contributed by atoms with Crippen LogP contribution in [0.1, 0.15) is 31.1 Å². The standard InChI is InChI=1S/C15H21N3O/c1-11(2)19-14-8-6-5-7-12(14)15(16-3)13-9-10-17-18(13)4/h5-11,15-16H,1-4H3. The summed E-state index contributed by atoms with van der Waals surface area (Å²) in [5, 5.41) is 7.57. The second kappa shape index (κ2) is 5.89. The van der Waals surface area contributed by atoms with Gasteiger partial charge in [0.15, 0.2) is 0 Å². The van der Waals surface area contributed by atoms with Gasteiger partial charge in [-0.3, -0.25) is 4.68 Å². The highest BCUT2D eigenvalue weighted by Crippen LogP contribution is 2.30. The Morgan fingerprint density at radius 3 is 2.53 bits per heavy atom. The predicted molar refractivity (Wildman–Crippen MR) is 76.3 cm³/mol. The van der Waals surface area contributed by atoms with Crippen LogP contribution in [0.25, 0.3) is 0 Å². The zero-order valence-corrected chi connectivity index (χ0v) is 11.9. The van der Waals surface area contributed by atoms with E-state index >= 15 is 0 Å². The van der Waals surface area contributed by atoms with Gasteiger partial charge in [-0.15, -0.1) is 0 Å². The molecular weight excluding hydrogens is 238 g/mol. The zero-order chi connectivity index (χ0) is 13.8. The van der Waals surface area contributed by atoms with Crippen LogP contribution < -0.4 is 10.1 Å². The third kappa shape index (κ3) is 2.96. The Balaban J connectivity index is 2.41. The number of nitrogens with zero attached hydrogens (tertiary/aromatic N) is 2. The van der Waals surface area contributed by atoms with Crippen LogP contribution in [-0.2, 0) is 7.05 Å². The van der Waals surface area contributed by atoms with E-state index in [1.807, 2.05) is 63.1 Å². The lowest BCUT2D eigenvalue weighted by molar-refractivity contribution is 0.238. The second-order valence-corrected chi connectivity index (χ2v) is 4.81. The molecule has 0 aliphatic rings. The molecule has 0 spiro atoms. The summed E-state index contributed by atoms with van der Waals surface area (Å²) in [6.07, 6.45) is 1.97. The molecule has 0 radical (unpaired) electrons. The van der Waals surface area contributed by atoms with Gasteiger partial charge < -0.3 is 10.1 Å². The van der Waals surface area contributed by atoms with Crippen LogP contribution in [-0.4, -0.2) is 22.9 Å². The number of nitrogens with one attached hydrogen (secondary N) is 1. The summed E-state index contributed by atoms with van der Waals surface area (Å²) in [6.45, 7) is 4.07. The number of aryl methyl sites for hydroxylation is 1. The molecule has 4 nitrogen and oxygen atoms in total. The first-order valence-electron chi connectivity index (χ1n) is 6.54. The van der Waals surface area contributed by atoms with Crippen LogP contribution in [0.5, 0.6) is 5.75 Å². The molecule has 0 aliphatic heterocycles. The lowest BCUT2D eigenvalue weighted by atomic mass is 10.0. The molecule has 1 aromatic heterocycles. The van der Waals surface area contributed by atoms with Crippen molar-refractivity contribution in [2.75, 3.05) is 7.05 Å². The Kier molecular flexibility index (Phi) is 4.22. The number of ether oxygens (including phenoxy) is 1. The molecule has 19 heavy (non-hydrogen) atoms. The van der Waals surface area contributed by atoms with E-state index in [0.717, 1.165) is 17.0 Å². The van der Waals surface area contributed by atoms with E-state index in [9.17, 15) is 0 Å². The minimum Gasteiger partial charge on any atom is -0.491 e. The maximum absolute atomic E-state index is 5.90. The molecule has 1 heterocycles. The summed E-state index contributed by atoms with van der Waals surface area (Å²) in [4.78, 5) is 0. The fourth-order valence-electron chi connectivity index (χ4n) is 2.21. The molecular formula is C15H21N3O. The van der Waals surface area contributed by atoms with E-state index in [4.69, 9.17) is 4.74 Å². The van der Waals surface area contributed by atoms with E-state index in [2.05, 4.69) is 16.5 Å². The van der Waals surface area contributed by atoms with Crippen molar-refractivity contribution >= 4 is 0 Å². The summed E-state index contributed by atoms with van der Waals surface area (Å²) < 4.78 is 7.78. The van der Waals surface area contributed by atoms with Crippen molar-refractivity contribution in [3.05, 3.63) is 47.8 Å². The number of aromatic nitrogens is 2. The third-order valence-electron chi connectivity index (χ3n) is 3.04. The van der Waals surface area contributed by atoms with Gasteiger partial charge in [-0.25, -0.2) is 0 Å². The Bertz CT molecular complexity index is 534. The number of rotatable bonds is 5. The first kappa shape index (κ1) is 13.6. The topological polar surface area (TPSA) is 39.1 Å². The number of hydrogen-bond donors (Lipinski definition) is 1. The van der Waals surface area contributed by atoms with Crippen molar-refractivity contribution in [1.29, 1.82) is 0 Å². The highest BCUT2D eigenvalue weighted by Gasteiger charge is 2.19. The molecule has 0 saturated heterocycles. The molecule has 2 aromatic rings. The van der Waals surface area contributed by atoms with E-state index in [1.165, 1.54) is 0 Å². The summed E-state index contributed by atoms with van der Waals surface area (Å²) in [6, 6.07) is 10.2. The molecule has 2 rings (SSSR count). The molecule has 0 bridgehead atoms. The Morgan fingerprint density at radius 1 is 1.21 bits per heavy atom. The van der Waals surface area contributed by atoms with Gasteiger partial charge >= 0.3 is 0 Å². The van der Waals surface area contributed by atoms with Gasteiger partial charge in [0, 0.05) is 18.8 Å². The van der Waals surface area contributed by atoms with Crippen molar-refractivity contribution < 1.29 is 4.74 Å². The lowest BCUT2D eigenvalue weighted by Crippen LogP contribution is -2.22. The first-order valence-corrected chi connectivity index (χ1v) is 6.54. The fourth-order valence-corrected chi connectivity index (χ4v) is 2.21. The van der Waals surface area contributed by atoms with Gasteiger partial charge in [-0.05, 0) is 33.0 Å². The van der Waals surface area contributed by atoms with Crippen LogP contribution in [0.3, 0.4) is 0 Å².